The molecule has 1 aromatic heterocycles. The molecule has 1 atom stereocenters. The van der Waals surface area contributed by atoms with Gasteiger partial charge in [0.15, 0.2) is 11.5 Å². The minimum atomic E-state index is -0.911. The number of nitrogens with zero attached hydrogens (tertiary/aromatic N) is 3. The van der Waals surface area contributed by atoms with Crippen molar-refractivity contribution in [2.75, 3.05) is 33.9 Å². The fraction of sp³-hybridized carbons (Fsp3) is 0.342. The molecule has 1 aliphatic rings. The number of hydrogen-bond acceptors (Lipinski definition) is 9. The fourth-order valence-corrected chi connectivity index (χ4v) is 5.83. The Kier molecular flexibility index (Phi) is 12.3. The molecule has 2 N–H and O–H groups in total. The molecule has 0 saturated carbocycles. The highest BCUT2D eigenvalue weighted by molar-refractivity contribution is 6.32. The van der Waals surface area contributed by atoms with Crippen LogP contribution in [0.2, 0.25) is 5.02 Å². The number of nitriles is 1. The quantitative estimate of drug-likeness (QED) is 0.122. The maximum Gasteiger partial charge on any atom is 0.320 e. The van der Waals surface area contributed by atoms with Crippen molar-refractivity contribution in [1.82, 2.24) is 15.2 Å². The van der Waals surface area contributed by atoms with E-state index in [1.807, 2.05) is 44.4 Å². The Hall–Kier alpha value is -4.82. The number of nitrogens with one attached hydrogen (secondary N) is 1. The van der Waals surface area contributed by atoms with E-state index in [1.54, 1.807) is 24.4 Å². The molecular formula is C38H41ClN4O6. The van der Waals surface area contributed by atoms with Crippen molar-refractivity contribution in [3.63, 3.8) is 0 Å². The van der Waals surface area contributed by atoms with Gasteiger partial charge in [0.1, 0.15) is 50.0 Å². The lowest BCUT2D eigenvalue weighted by molar-refractivity contribution is -0.139. The smallest absolute Gasteiger partial charge is 0.320 e. The second kappa shape index (κ2) is 17.0. The Morgan fingerprint density at radius 3 is 2.59 bits per heavy atom. The first-order chi connectivity index (χ1) is 23.7. The number of aromatic nitrogens is 1. The summed E-state index contributed by atoms with van der Waals surface area (Å²) < 4.78 is 24.0. The molecule has 10 nitrogen and oxygen atoms in total. The average Bonchev–Trinajstić information content (AvgIpc) is 3.10. The highest BCUT2D eigenvalue weighted by atomic mass is 35.5. The number of pyridine rings is 1. The molecule has 11 heteroatoms. The Morgan fingerprint density at radius 1 is 1.02 bits per heavy atom. The topological polar surface area (TPSA) is 126 Å². The SMILES string of the molecule is Cc1c(COc2cc(OCc3cncc(C#N)c3)c(CNC(CCCCN(C)C)C(=O)O)cc2Cl)cccc1-c1ccc2c(c1)OCCO2. The molecule has 256 valence electrons. The maximum absolute atomic E-state index is 12.1. The number of ether oxygens (including phenoxy) is 4. The first-order valence-corrected chi connectivity index (χ1v) is 16.6. The third kappa shape index (κ3) is 9.63. The maximum atomic E-state index is 12.1. The summed E-state index contributed by atoms with van der Waals surface area (Å²) >= 11 is 6.77. The predicted octanol–water partition coefficient (Wildman–Crippen LogP) is 6.79. The van der Waals surface area contributed by atoms with Crippen molar-refractivity contribution < 1.29 is 28.8 Å². The summed E-state index contributed by atoms with van der Waals surface area (Å²) in [6.45, 7) is 4.61. The standard InChI is InChI=1S/C38H41ClN4O6/c1-25-29(7-6-8-31(25)28-10-11-34-37(17-28)47-14-13-46-34)24-49-36-18-35(48-23-27-15-26(19-40)20-41-21-27)30(16-32(36)39)22-42-33(38(44)45)9-4-5-12-43(2)3/h6-8,10-11,15-18,20-21,33,42H,4-5,9,12-14,22-24H2,1-3H3,(H,44,45). The zero-order chi connectivity index (χ0) is 34.8. The summed E-state index contributed by atoms with van der Waals surface area (Å²) in [7, 11) is 4.00. The first kappa shape index (κ1) is 35.5. The molecule has 1 aliphatic heterocycles. The predicted molar refractivity (Wildman–Crippen MR) is 187 cm³/mol. The van der Waals surface area contributed by atoms with Gasteiger partial charge < -0.3 is 34.3 Å². The van der Waals surface area contributed by atoms with E-state index >= 15 is 0 Å². The molecule has 1 unspecified atom stereocenters. The largest absolute Gasteiger partial charge is 0.488 e. The molecule has 49 heavy (non-hydrogen) atoms. The second-order valence-corrected chi connectivity index (χ2v) is 12.6. The van der Waals surface area contributed by atoms with Crippen LogP contribution in [0.25, 0.3) is 11.1 Å². The number of benzene rings is 3. The van der Waals surface area contributed by atoms with Crippen LogP contribution in [0.4, 0.5) is 0 Å². The van der Waals surface area contributed by atoms with Crippen molar-refractivity contribution in [2.24, 2.45) is 0 Å². The van der Waals surface area contributed by atoms with E-state index in [-0.39, 0.29) is 19.8 Å². The highest BCUT2D eigenvalue weighted by Gasteiger charge is 2.20. The summed E-state index contributed by atoms with van der Waals surface area (Å²) in [4.78, 5) is 18.3. The number of hydrogen-bond donors (Lipinski definition) is 2. The number of carbonyl (C=O) groups is 1. The van der Waals surface area contributed by atoms with Gasteiger partial charge in [-0.3, -0.25) is 9.78 Å². The van der Waals surface area contributed by atoms with Crippen LogP contribution in [0.3, 0.4) is 0 Å². The van der Waals surface area contributed by atoms with E-state index in [0.717, 1.165) is 53.1 Å². The molecule has 0 aliphatic carbocycles. The van der Waals surface area contributed by atoms with Crippen molar-refractivity contribution in [1.29, 1.82) is 5.26 Å². The Balaban J connectivity index is 1.34. The minimum absolute atomic E-state index is 0.139. The number of rotatable bonds is 16. The van der Waals surface area contributed by atoms with E-state index < -0.39 is 12.0 Å². The molecule has 0 amide bonds. The lowest BCUT2D eigenvalue weighted by Crippen LogP contribution is -2.36. The fourth-order valence-electron chi connectivity index (χ4n) is 5.59. The lowest BCUT2D eigenvalue weighted by atomic mass is 9.96. The van der Waals surface area contributed by atoms with Gasteiger partial charge in [-0.25, -0.2) is 0 Å². The molecular weight excluding hydrogens is 644 g/mol. The average molecular weight is 685 g/mol. The monoisotopic (exact) mass is 684 g/mol. The van der Waals surface area contributed by atoms with Crippen LogP contribution in [-0.2, 0) is 24.6 Å². The number of carboxylic acids is 1. The molecule has 4 aromatic rings. The van der Waals surface area contributed by atoms with Crippen LogP contribution in [0.15, 0.2) is 67.0 Å². The number of carboxylic acid groups (broad SMARTS) is 1. The van der Waals surface area contributed by atoms with Crippen LogP contribution in [-0.4, -0.2) is 60.9 Å². The second-order valence-electron chi connectivity index (χ2n) is 12.2. The van der Waals surface area contributed by atoms with E-state index in [1.165, 1.54) is 6.20 Å². The summed E-state index contributed by atoms with van der Waals surface area (Å²) in [6.07, 6.45) is 5.29. The summed E-state index contributed by atoms with van der Waals surface area (Å²) in [6, 6.07) is 18.6. The highest BCUT2D eigenvalue weighted by Crippen LogP contribution is 2.37. The number of halogens is 1. The van der Waals surface area contributed by atoms with E-state index in [9.17, 15) is 15.2 Å². The first-order valence-electron chi connectivity index (χ1n) is 16.2. The molecule has 5 rings (SSSR count). The molecule has 0 fully saturated rings. The third-order valence-electron chi connectivity index (χ3n) is 8.30. The van der Waals surface area contributed by atoms with Gasteiger partial charge in [0.25, 0.3) is 0 Å². The van der Waals surface area contributed by atoms with Gasteiger partial charge >= 0.3 is 5.97 Å². The molecule has 0 bridgehead atoms. The lowest BCUT2D eigenvalue weighted by Gasteiger charge is -2.20. The van der Waals surface area contributed by atoms with Gasteiger partial charge in [-0.05, 0) is 86.9 Å². The molecule has 3 aromatic carbocycles. The van der Waals surface area contributed by atoms with Crippen LogP contribution in [0.1, 0.15) is 47.1 Å². The molecule has 0 saturated heterocycles. The molecule has 0 radical (unpaired) electrons. The van der Waals surface area contributed by atoms with Crippen LogP contribution in [0.5, 0.6) is 23.0 Å². The van der Waals surface area contributed by atoms with Gasteiger partial charge in [-0.2, -0.15) is 5.26 Å². The molecule has 0 spiro atoms. The Labute approximate surface area is 292 Å². The summed E-state index contributed by atoms with van der Waals surface area (Å²) in [5.41, 5.74) is 5.93. The van der Waals surface area contributed by atoms with Gasteiger partial charge in [0, 0.05) is 36.1 Å². The Morgan fingerprint density at radius 2 is 1.82 bits per heavy atom. The van der Waals surface area contributed by atoms with E-state index in [0.29, 0.717) is 52.8 Å². The summed E-state index contributed by atoms with van der Waals surface area (Å²) in [5, 5.41) is 22.7. The van der Waals surface area contributed by atoms with Gasteiger partial charge in [0.2, 0.25) is 0 Å². The number of fused-ring (bicyclic) bond motifs is 1. The Bertz CT molecular complexity index is 1810. The zero-order valence-corrected chi connectivity index (χ0v) is 28.8. The third-order valence-corrected chi connectivity index (χ3v) is 8.60. The minimum Gasteiger partial charge on any atom is -0.488 e. The van der Waals surface area contributed by atoms with Crippen LogP contribution < -0.4 is 24.3 Å². The van der Waals surface area contributed by atoms with Gasteiger partial charge in [0.05, 0.1) is 10.6 Å². The zero-order valence-electron chi connectivity index (χ0n) is 28.0. The van der Waals surface area contributed by atoms with Crippen molar-refractivity contribution in [3.05, 3.63) is 99.8 Å². The van der Waals surface area contributed by atoms with Gasteiger partial charge in [-0.15, -0.1) is 0 Å². The van der Waals surface area contributed by atoms with Crippen LogP contribution >= 0.6 is 11.6 Å². The van der Waals surface area contributed by atoms with E-state index in [2.05, 4.69) is 34.3 Å². The van der Waals surface area contributed by atoms with Crippen molar-refractivity contribution in [3.8, 4) is 40.2 Å². The van der Waals surface area contributed by atoms with Gasteiger partial charge in [-0.1, -0.05) is 42.3 Å². The molecule has 2 heterocycles. The van der Waals surface area contributed by atoms with Crippen molar-refractivity contribution in [2.45, 2.75) is 52.0 Å². The normalized spacial score (nSPS) is 12.7. The van der Waals surface area contributed by atoms with E-state index in [4.69, 9.17) is 30.5 Å². The number of unbranched alkanes of at least 4 members (excludes halogenated alkanes) is 1. The van der Waals surface area contributed by atoms with Crippen LogP contribution in [0, 0.1) is 18.3 Å². The summed E-state index contributed by atoms with van der Waals surface area (Å²) in [5.74, 6) is 1.46. The van der Waals surface area contributed by atoms with Crippen molar-refractivity contribution >= 4 is 17.6 Å². The number of aliphatic carboxylic acids is 1.